The van der Waals surface area contributed by atoms with Crippen LogP contribution in [0.3, 0.4) is 0 Å². The number of amides is 1. The summed E-state index contributed by atoms with van der Waals surface area (Å²) in [5.74, 6) is 0.364. The number of aliphatic hydroxyl groups is 1. The molecular weight excluding hydrogens is 292 g/mol. The number of aliphatic hydroxyl groups excluding tert-OH is 1. The summed E-state index contributed by atoms with van der Waals surface area (Å²) in [4.78, 5) is 19.9. The number of carbonyl (C=O) groups excluding carboxylic acids is 1. The molecule has 0 bridgehead atoms. The average molecular weight is 324 g/mol. The Morgan fingerprint density at radius 1 is 1.04 bits per heavy atom. The predicted molar refractivity (Wildman–Crippen MR) is 90.3 cm³/mol. The van der Waals surface area contributed by atoms with Crippen LogP contribution < -0.4 is 5.32 Å². The van der Waals surface area contributed by atoms with Crippen LogP contribution >= 0.6 is 0 Å². The molecule has 3 aliphatic rings. The normalized spacial score (nSPS) is 28.4. The van der Waals surface area contributed by atoms with Gasteiger partial charge in [0.05, 0.1) is 6.04 Å². The second-order valence-electron chi connectivity index (χ2n) is 7.12. The highest BCUT2D eigenvalue weighted by Gasteiger charge is 2.38. The lowest BCUT2D eigenvalue weighted by molar-refractivity contribution is -0.138. The number of likely N-dealkylation sites (tertiary alicyclic amines) is 1. The van der Waals surface area contributed by atoms with Gasteiger partial charge in [0.2, 0.25) is 5.91 Å². The lowest BCUT2D eigenvalue weighted by atomic mass is 10.0. The molecule has 132 valence electrons. The first kappa shape index (κ1) is 17.1. The van der Waals surface area contributed by atoms with E-state index >= 15 is 0 Å². The molecule has 6 nitrogen and oxygen atoms in total. The van der Waals surface area contributed by atoms with Gasteiger partial charge in [-0.1, -0.05) is 0 Å². The van der Waals surface area contributed by atoms with E-state index in [1.807, 2.05) is 0 Å². The Morgan fingerprint density at radius 3 is 2.48 bits per heavy atom. The number of hydrogen-bond donors (Lipinski definition) is 2. The molecule has 0 aromatic rings. The van der Waals surface area contributed by atoms with E-state index in [2.05, 4.69) is 20.0 Å². The third-order valence-corrected chi connectivity index (χ3v) is 5.67. The molecule has 0 aromatic heterocycles. The predicted octanol–water partition coefficient (Wildman–Crippen LogP) is -0.271. The van der Waals surface area contributed by atoms with Gasteiger partial charge in [-0.2, -0.15) is 0 Å². The molecule has 0 spiro atoms. The van der Waals surface area contributed by atoms with Crippen molar-refractivity contribution in [3.05, 3.63) is 0 Å². The van der Waals surface area contributed by atoms with Crippen LogP contribution in [0.5, 0.6) is 0 Å². The van der Waals surface area contributed by atoms with E-state index < -0.39 is 0 Å². The summed E-state index contributed by atoms with van der Waals surface area (Å²) < 4.78 is 0. The number of nitrogens with zero attached hydrogens (tertiary/aromatic N) is 3. The van der Waals surface area contributed by atoms with Crippen molar-refractivity contribution in [2.45, 2.75) is 44.2 Å². The monoisotopic (exact) mass is 324 g/mol. The van der Waals surface area contributed by atoms with Crippen molar-refractivity contribution in [1.82, 2.24) is 20.0 Å². The molecule has 0 aliphatic carbocycles. The van der Waals surface area contributed by atoms with E-state index in [1.165, 1.54) is 12.8 Å². The first-order chi connectivity index (χ1) is 11.3. The fourth-order valence-corrected chi connectivity index (χ4v) is 4.33. The molecule has 3 rings (SSSR count). The molecule has 1 amide bonds. The topological polar surface area (TPSA) is 59.1 Å². The molecule has 3 aliphatic heterocycles. The zero-order valence-corrected chi connectivity index (χ0v) is 14.3. The summed E-state index contributed by atoms with van der Waals surface area (Å²) in [6.45, 7) is 8.07. The number of carbonyl (C=O) groups is 1. The van der Waals surface area contributed by atoms with E-state index in [1.54, 1.807) is 0 Å². The molecule has 23 heavy (non-hydrogen) atoms. The number of nitrogens with one attached hydrogen (secondary N) is 1. The molecule has 0 saturated carbocycles. The van der Waals surface area contributed by atoms with E-state index in [9.17, 15) is 4.79 Å². The Balaban J connectivity index is 1.51. The quantitative estimate of drug-likeness (QED) is 0.729. The maximum atomic E-state index is 13.0. The standard InChI is InChI=1S/C17H32N4O2/c22-14-2-8-19-10-12-20(13-11-19)17(23)16-3-1-9-21(16)15-4-6-18-7-5-15/h15-16,18,22H,1-14H2/t16-/m0/s1. The molecule has 2 N–H and O–H groups in total. The Bertz CT molecular complexity index is 379. The Morgan fingerprint density at radius 2 is 1.78 bits per heavy atom. The van der Waals surface area contributed by atoms with Crippen LogP contribution in [0.2, 0.25) is 0 Å². The van der Waals surface area contributed by atoms with Crippen LogP contribution in [0.25, 0.3) is 0 Å². The Labute approximate surface area is 139 Å². The fourth-order valence-electron chi connectivity index (χ4n) is 4.33. The highest BCUT2D eigenvalue weighted by Crippen LogP contribution is 2.26. The third-order valence-electron chi connectivity index (χ3n) is 5.67. The van der Waals surface area contributed by atoms with Gasteiger partial charge in [-0.15, -0.1) is 0 Å². The molecule has 3 fully saturated rings. The van der Waals surface area contributed by atoms with Gasteiger partial charge < -0.3 is 15.3 Å². The number of rotatable bonds is 5. The van der Waals surface area contributed by atoms with Crippen LogP contribution in [0.4, 0.5) is 0 Å². The van der Waals surface area contributed by atoms with Gasteiger partial charge in [-0.3, -0.25) is 14.6 Å². The Hall–Kier alpha value is -0.690. The van der Waals surface area contributed by atoms with Crippen LogP contribution in [0, 0.1) is 0 Å². The van der Waals surface area contributed by atoms with Crippen LogP contribution in [0.1, 0.15) is 32.1 Å². The van der Waals surface area contributed by atoms with E-state index in [0.717, 1.165) is 71.6 Å². The zero-order chi connectivity index (χ0) is 16.1. The van der Waals surface area contributed by atoms with Gasteiger partial charge in [0.15, 0.2) is 0 Å². The van der Waals surface area contributed by atoms with E-state index in [-0.39, 0.29) is 12.6 Å². The highest BCUT2D eigenvalue weighted by atomic mass is 16.3. The molecule has 0 aromatic carbocycles. The molecular formula is C17H32N4O2. The number of hydrogen-bond acceptors (Lipinski definition) is 5. The zero-order valence-electron chi connectivity index (χ0n) is 14.3. The maximum Gasteiger partial charge on any atom is 0.240 e. The van der Waals surface area contributed by atoms with Crippen LogP contribution in [-0.2, 0) is 4.79 Å². The minimum absolute atomic E-state index is 0.127. The van der Waals surface area contributed by atoms with Crippen molar-refractivity contribution in [3.63, 3.8) is 0 Å². The number of piperazine rings is 1. The van der Waals surface area contributed by atoms with Gasteiger partial charge in [-0.05, 0) is 51.7 Å². The largest absolute Gasteiger partial charge is 0.396 e. The maximum absolute atomic E-state index is 13.0. The summed E-state index contributed by atoms with van der Waals surface area (Å²) >= 11 is 0. The molecule has 1 atom stereocenters. The summed E-state index contributed by atoms with van der Waals surface area (Å²) in [5, 5.41) is 12.4. The molecule has 3 saturated heterocycles. The molecule has 0 radical (unpaired) electrons. The number of piperidine rings is 1. The molecule has 6 heteroatoms. The van der Waals surface area contributed by atoms with Gasteiger partial charge in [0.25, 0.3) is 0 Å². The summed E-state index contributed by atoms with van der Waals surface area (Å²) in [7, 11) is 0. The highest BCUT2D eigenvalue weighted by molar-refractivity contribution is 5.82. The first-order valence-corrected chi connectivity index (χ1v) is 9.38. The van der Waals surface area contributed by atoms with Crippen molar-refractivity contribution in [2.24, 2.45) is 0 Å². The van der Waals surface area contributed by atoms with Crippen molar-refractivity contribution in [3.8, 4) is 0 Å². The summed E-state index contributed by atoms with van der Waals surface area (Å²) in [6.07, 6.45) is 5.39. The van der Waals surface area contributed by atoms with Gasteiger partial charge in [0.1, 0.15) is 0 Å². The van der Waals surface area contributed by atoms with Crippen molar-refractivity contribution >= 4 is 5.91 Å². The molecule has 0 unspecified atom stereocenters. The lowest BCUT2D eigenvalue weighted by Gasteiger charge is -2.40. The SMILES string of the molecule is O=C([C@@H]1CCCN1C1CCNCC1)N1CCN(CCCO)CC1. The summed E-state index contributed by atoms with van der Waals surface area (Å²) in [6, 6.07) is 0.723. The van der Waals surface area contributed by atoms with Crippen LogP contribution in [0.15, 0.2) is 0 Å². The third kappa shape index (κ3) is 4.24. The Kier molecular flexibility index (Phi) is 6.28. The van der Waals surface area contributed by atoms with Crippen molar-refractivity contribution in [1.29, 1.82) is 0 Å². The first-order valence-electron chi connectivity index (χ1n) is 9.38. The minimum atomic E-state index is 0.127. The van der Waals surface area contributed by atoms with Gasteiger partial charge in [0, 0.05) is 45.4 Å². The van der Waals surface area contributed by atoms with E-state index in [0.29, 0.717) is 11.9 Å². The second kappa shape index (κ2) is 8.42. The second-order valence-corrected chi connectivity index (χ2v) is 7.12. The van der Waals surface area contributed by atoms with Crippen molar-refractivity contribution < 1.29 is 9.90 Å². The fraction of sp³-hybridized carbons (Fsp3) is 0.941. The van der Waals surface area contributed by atoms with Gasteiger partial charge >= 0.3 is 0 Å². The minimum Gasteiger partial charge on any atom is -0.396 e. The smallest absolute Gasteiger partial charge is 0.240 e. The van der Waals surface area contributed by atoms with E-state index in [4.69, 9.17) is 5.11 Å². The average Bonchev–Trinajstić information content (AvgIpc) is 3.10. The van der Waals surface area contributed by atoms with Gasteiger partial charge in [-0.25, -0.2) is 0 Å². The molecule has 3 heterocycles. The van der Waals surface area contributed by atoms with Crippen LogP contribution in [-0.4, -0.2) is 96.8 Å². The lowest BCUT2D eigenvalue weighted by Crippen LogP contribution is -2.56. The van der Waals surface area contributed by atoms with Crippen molar-refractivity contribution in [2.75, 3.05) is 59.0 Å². The summed E-state index contributed by atoms with van der Waals surface area (Å²) in [5.41, 5.74) is 0.